The highest BCUT2D eigenvalue weighted by Crippen LogP contribution is 2.39. The molecule has 0 N–H and O–H groups in total. The number of epoxide rings is 1. The Morgan fingerprint density at radius 3 is 2.46 bits per heavy atom. The van der Waals surface area contributed by atoms with Gasteiger partial charge in [-0.25, -0.2) is 0 Å². The van der Waals surface area contributed by atoms with Gasteiger partial charge in [-0.15, -0.1) is 0 Å². The molecule has 4 heteroatoms. The second kappa shape index (κ2) is 2.45. The number of rotatable bonds is 1. The predicted molar refractivity (Wildman–Crippen MR) is 43.1 cm³/mol. The molecule has 3 rings (SSSR count). The molecule has 74 valence electrons. The minimum Gasteiger partial charge on any atom is -0.370 e. The van der Waals surface area contributed by atoms with Gasteiger partial charge in [-0.2, -0.15) is 0 Å². The zero-order valence-electron chi connectivity index (χ0n) is 7.86. The Labute approximate surface area is 77.1 Å². The quantitative estimate of drug-likeness (QED) is 0.564. The molecule has 0 amide bonds. The van der Waals surface area contributed by atoms with Crippen molar-refractivity contribution in [1.82, 2.24) is 0 Å². The summed E-state index contributed by atoms with van der Waals surface area (Å²) < 4.78 is 22.1. The Morgan fingerprint density at radius 2 is 1.85 bits per heavy atom. The summed E-state index contributed by atoms with van der Waals surface area (Å²) >= 11 is 0. The van der Waals surface area contributed by atoms with Crippen LogP contribution in [0.15, 0.2) is 0 Å². The van der Waals surface area contributed by atoms with Crippen LogP contribution in [-0.4, -0.2) is 37.0 Å². The molecule has 0 bridgehead atoms. The van der Waals surface area contributed by atoms with Crippen molar-refractivity contribution in [2.45, 2.75) is 50.7 Å². The van der Waals surface area contributed by atoms with Gasteiger partial charge in [0.25, 0.3) is 0 Å². The van der Waals surface area contributed by atoms with Crippen LogP contribution in [-0.2, 0) is 18.9 Å². The number of hydrogen-bond donors (Lipinski definition) is 0. The molecule has 2 unspecified atom stereocenters. The summed E-state index contributed by atoms with van der Waals surface area (Å²) in [6.07, 6.45) is 1.30. The Morgan fingerprint density at radius 1 is 1.08 bits per heavy atom. The highest BCUT2D eigenvalue weighted by molar-refractivity contribution is 4.92. The maximum Gasteiger partial charge on any atom is 0.187 e. The zero-order valence-corrected chi connectivity index (χ0v) is 7.86. The lowest BCUT2D eigenvalue weighted by molar-refractivity contribution is -0.206. The molecule has 3 saturated heterocycles. The van der Waals surface area contributed by atoms with E-state index in [0.717, 1.165) is 13.0 Å². The smallest absolute Gasteiger partial charge is 0.187 e. The van der Waals surface area contributed by atoms with E-state index in [1.807, 2.05) is 13.8 Å². The van der Waals surface area contributed by atoms with E-state index in [9.17, 15) is 0 Å². The van der Waals surface area contributed by atoms with E-state index >= 15 is 0 Å². The monoisotopic (exact) mass is 186 g/mol. The lowest BCUT2D eigenvalue weighted by Crippen LogP contribution is -2.26. The van der Waals surface area contributed by atoms with Gasteiger partial charge in [-0.1, -0.05) is 0 Å². The number of ether oxygens (including phenoxy) is 4. The van der Waals surface area contributed by atoms with Gasteiger partial charge >= 0.3 is 0 Å². The summed E-state index contributed by atoms with van der Waals surface area (Å²) in [5.74, 6) is -0.481. The van der Waals surface area contributed by atoms with Crippen LogP contribution in [0.25, 0.3) is 0 Å². The molecule has 4 atom stereocenters. The molecule has 0 aromatic carbocycles. The van der Waals surface area contributed by atoms with E-state index in [2.05, 4.69) is 0 Å². The number of hydrogen-bond acceptors (Lipinski definition) is 4. The second-order valence-electron chi connectivity index (χ2n) is 4.32. The van der Waals surface area contributed by atoms with Gasteiger partial charge in [0.2, 0.25) is 0 Å². The molecule has 3 aliphatic rings. The fourth-order valence-corrected chi connectivity index (χ4v) is 2.04. The van der Waals surface area contributed by atoms with E-state index in [1.54, 1.807) is 0 Å². The predicted octanol–water partition coefficient (Wildman–Crippen LogP) is 0.652. The van der Waals surface area contributed by atoms with E-state index in [-0.39, 0.29) is 18.5 Å². The molecule has 0 aromatic heterocycles. The Hall–Kier alpha value is -0.160. The summed E-state index contributed by atoms with van der Waals surface area (Å²) in [7, 11) is 0. The van der Waals surface area contributed by atoms with Crippen LogP contribution < -0.4 is 0 Å². The molecule has 0 radical (unpaired) electrons. The van der Waals surface area contributed by atoms with Crippen molar-refractivity contribution < 1.29 is 18.9 Å². The SMILES string of the molecule is CC1(C)OC2OC([C@@H]3CO3)C[C@H]2O1. The molecule has 0 spiro atoms. The van der Waals surface area contributed by atoms with Crippen LogP contribution in [0.1, 0.15) is 20.3 Å². The molecule has 0 aliphatic carbocycles. The van der Waals surface area contributed by atoms with Crippen LogP contribution in [0.2, 0.25) is 0 Å². The summed E-state index contributed by atoms with van der Waals surface area (Å²) in [5.41, 5.74) is 0. The molecular formula is C9H14O4. The maximum absolute atomic E-state index is 5.68. The first-order valence-corrected chi connectivity index (χ1v) is 4.77. The van der Waals surface area contributed by atoms with Gasteiger partial charge in [0.05, 0.1) is 12.7 Å². The highest BCUT2D eigenvalue weighted by atomic mass is 16.8. The third kappa shape index (κ3) is 1.38. The molecule has 0 aromatic rings. The number of fused-ring (bicyclic) bond motifs is 1. The molecule has 13 heavy (non-hydrogen) atoms. The van der Waals surface area contributed by atoms with Crippen molar-refractivity contribution in [3.05, 3.63) is 0 Å². The highest BCUT2D eigenvalue weighted by Gasteiger charge is 2.52. The van der Waals surface area contributed by atoms with E-state index in [4.69, 9.17) is 18.9 Å². The summed E-state index contributed by atoms with van der Waals surface area (Å²) in [6.45, 7) is 4.65. The Bertz CT molecular complexity index is 208. The molecule has 3 aliphatic heterocycles. The summed E-state index contributed by atoms with van der Waals surface area (Å²) in [5, 5.41) is 0. The van der Waals surface area contributed by atoms with E-state index in [0.29, 0.717) is 6.10 Å². The zero-order chi connectivity index (χ0) is 9.05. The average Bonchev–Trinajstić information content (AvgIpc) is 2.71. The van der Waals surface area contributed by atoms with Gasteiger partial charge < -0.3 is 18.9 Å². The lowest BCUT2D eigenvalue weighted by atomic mass is 10.1. The van der Waals surface area contributed by atoms with Crippen molar-refractivity contribution in [2.24, 2.45) is 0 Å². The average molecular weight is 186 g/mol. The van der Waals surface area contributed by atoms with Gasteiger partial charge in [0, 0.05) is 6.42 Å². The topological polar surface area (TPSA) is 40.2 Å². The normalized spacial score (nSPS) is 52.2. The minimum absolute atomic E-state index is 0.101. The third-order valence-electron chi connectivity index (χ3n) is 2.69. The van der Waals surface area contributed by atoms with Gasteiger partial charge in [-0.05, 0) is 13.8 Å². The van der Waals surface area contributed by atoms with Gasteiger partial charge in [-0.3, -0.25) is 0 Å². The largest absolute Gasteiger partial charge is 0.370 e. The first kappa shape index (κ1) is 8.17. The Balaban J connectivity index is 1.66. The maximum atomic E-state index is 5.68. The second-order valence-corrected chi connectivity index (χ2v) is 4.32. The summed E-state index contributed by atoms with van der Waals surface area (Å²) in [4.78, 5) is 0. The molecule has 0 saturated carbocycles. The Kier molecular flexibility index (Phi) is 1.54. The van der Waals surface area contributed by atoms with E-state index in [1.165, 1.54) is 0 Å². The third-order valence-corrected chi connectivity index (χ3v) is 2.69. The van der Waals surface area contributed by atoms with Crippen LogP contribution in [0, 0.1) is 0 Å². The molecular weight excluding hydrogens is 172 g/mol. The van der Waals surface area contributed by atoms with Crippen molar-refractivity contribution in [2.75, 3.05) is 6.61 Å². The van der Waals surface area contributed by atoms with E-state index < -0.39 is 5.79 Å². The van der Waals surface area contributed by atoms with Crippen LogP contribution in [0.4, 0.5) is 0 Å². The first-order valence-electron chi connectivity index (χ1n) is 4.77. The van der Waals surface area contributed by atoms with Gasteiger partial charge in [0.1, 0.15) is 12.2 Å². The van der Waals surface area contributed by atoms with Crippen LogP contribution in [0.3, 0.4) is 0 Å². The fourth-order valence-electron chi connectivity index (χ4n) is 2.04. The van der Waals surface area contributed by atoms with Crippen LogP contribution in [0.5, 0.6) is 0 Å². The summed E-state index contributed by atoms with van der Waals surface area (Å²) in [6, 6.07) is 0. The lowest BCUT2D eigenvalue weighted by Gasteiger charge is -2.19. The van der Waals surface area contributed by atoms with Crippen LogP contribution >= 0.6 is 0 Å². The molecule has 4 nitrogen and oxygen atoms in total. The van der Waals surface area contributed by atoms with Crippen molar-refractivity contribution in [1.29, 1.82) is 0 Å². The first-order chi connectivity index (χ1) is 6.14. The van der Waals surface area contributed by atoms with Crippen molar-refractivity contribution in [3.8, 4) is 0 Å². The molecule has 3 heterocycles. The standard InChI is InChI=1S/C9H14O4/c1-9(2)12-6-3-5(7-4-10-7)11-8(6)13-9/h5-8H,3-4H2,1-2H3/t5?,6-,7+,8?/m1/s1. The van der Waals surface area contributed by atoms with Crippen molar-refractivity contribution in [3.63, 3.8) is 0 Å². The molecule has 3 fully saturated rings. The minimum atomic E-state index is -0.481. The van der Waals surface area contributed by atoms with Gasteiger partial charge in [0.15, 0.2) is 12.1 Å². The fraction of sp³-hybridized carbons (Fsp3) is 1.00. The van der Waals surface area contributed by atoms with Crippen molar-refractivity contribution >= 4 is 0 Å².